The van der Waals surface area contributed by atoms with Crippen LogP contribution in [0.3, 0.4) is 0 Å². The van der Waals surface area contributed by atoms with E-state index in [1.807, 2.05) is 12.1 Å². The molecule has 0 N–H and O–H groups in total. The highest BCUT2D eigenvalue weighted by Crippen LogP contribution is 2.40. The Morgan fingerprint density at radius 2 is 1.29 bits per heavy atom. The maximum Gasteiger partial charge on any atom is 0.119 e. The number of hydrogen-bond acceptors (Lipinski definition) is 3. The highest BCUT2D eigenvalue weighted by Gasteiger charge is 2.18. The third-order valence-electron chi connectivity index (χ3n) is 7.06. The summed E-state index contributed by atoms with van der Waals surface area (Å²) in [7, 11) is 1.70. The number of benzene rings is 2. The fraction of sp³-hybridized carbons (Fsp3) is 0.267. The zero-order valence-electron chi connectivity index (χ0n) is 19.7. The number of nitrogens with zero attached hydrogens (tertiary/aromatic N) is 2. The van der Waals surface area contributed by atoms with Gasteiger partial charge < -0.3 is 13.9 Å². The fourth-order valence-corrected chi connectivity index (χ4v) is 5.26. The Labute approximate surface area is 200 Å². The number of aromatic nitrogens is 1. The van der Waals surface area contributed by atoms with Gasteiger partial charge in [-0.05, 0) is 85.6 Å². The predicted octanol–water partition coefficient (Wildman–Crippen LogP) is 6.74. The maximum atomic E-state index is 6.07. The van der Waals surface area contributed by atoms with E-state index in [0.29, 0.717) is 0 Å². The summed E-state index contributed by atoms with van der Waals surface area (Å²) >= 11 is 0. The van der Waals surface area contributed by atoms with E-state index in [-0.39, 0.29) is 0 Å². The van der Waals surface area contributed by atoms with E-state index in [4.69, 9.17) is 9.47 Å². The molecule has 2 aromatic carbocycles. The molecule has 1 aliphatic heterocycles. The van der Waals surface area contributed by atoms with Crippen molar-refractivity contribution >= 4 is 16.6 Å². The molecule has 0 radical (unpaired) electrons. The number of ether oxygens (including phenoxy) is 2. The molecule has 0 atom stereocenters. The highest BCUT2D eigenvalue weighted by molar-refractivity contribution is 6.01. The lowest BCUT2D eigenvalue weighted by atomic mass is 10.0. The van der Waals surface area contributed by atoms with E-state index in [0.717, 1.165) is 24.7 Å². The third kappa shape index (κ3) is 3.88. The Kier molecular flexibility index (Phi) is 5.60. The van der Waals surface area contributed by atoms with Gasteiger partial charge in [0.05, 0.1) is 12.6 Å². The van der Waals surface area contributed by atoms with E-state index >= 15 is 0 Å². The van der Waals surface area contributed by atoms with Gasteiger partial charge in [0.15, 0.2) is 0 Å². The van der Waals surface area contributed by atoms with Crippen LogP contribution in [0.15, 0.2) is 78.9 Å². The molecular formula is C30H30N2O2. The van der Waals surface area contributed by atoms with Gasteiger partial charge in [-0.25, -0.2) is 0 Å². The average Bonchev–Trinajstić information content (AvgIpc) is 3.48. The number of rotatable bonds is 7. The van der Waals surface area contributed by atoms with Gasteiger partial charge >= 0.3 is 0 Å². The molecule has 1 saturated heterocycles. The Balaban J connectivity index is 1.30. The average molecular weight is 451 g/mol. The third-order valence-corrected chi connectivity index (χ3v) is 7.06. The normalized spacial score (nSPS) is 14.7. The van der Waals surface area contributed by atoms with Crippen LogP contribution in [0, 0.1) is 0 Å². The molecule has 0 amide bonds. The number of piperidine rings is 1. The van der Waals surface area contributed by atoms with Gasteiger partial charge in [0.1, 0.15) is 18.1 Å². The van der Waals surface area contributed by atoms with Gasteiger partial charge in [-0.2, -0.15) is 0 Å². The summed E-state index contributed by atoms with van der Waals surface area (Å²) in [6, 6.07) is 28.0. The topological polar surface area (TPSA) is 26.1 Å². The van der Waals surface area contributed by atoms with Crippen LogP contribution in [0.4, 0.5) is 0 Å². The van der Waals surface area contributed by atoms with Crippen LogP contribution in [-0.4, -0.2) is 42.7 Å². The Morgan fingerprint density at radius 3 is 1.88 bits per heavy atom. The second-order valence-corrected chi connectivity index (χ2v) is 9.18. The summed E-state index contributed by atoms with van der Waals surface area (Å²) in [6.45, 7) is 4.17. The van der Waals surface area contributed by atoms with Crippen molar-refractivity contribution in [2.45, 2.75) is 19.3 Å². The van der Waals surface area contributed by atoms with Gasteiger partial charge in [0.25, 0.3) is 0 Å². The fourth-order valence-electron chi connectivity index (χ4n) is 5.26. The van der Waals surface area contributed by atoms with Gasteiger partial charge in [-0.3, -0.25) is 4.90 Å². The molecule has 34 heavy (non-hydrogen) atoms. The van der Waals surface area contributed by atoms with Crippen LogP contribution < -0.4 is 9.47 Å². The first-order valence-corrected chi connectivity index (χ1v) is 12.3. The van der Waals surface area contributed by atoms with Crippen LogP contribution >= 0.6 is 0 Å². The van der Waals surface area contributed by atoms with Crippen molar-refractivity contribution in [1.82, 2.24) is 9.30 Å². The van der Waals surface area contributed by atoms with Gasteiger partial charge in [-0.15, -0.1) is 0 Å². The molecule has 172 valence electrons. The summed E-state index contributed by atoms with van der Waals surface area (Å²) in [5.74, 6) is 1.81. The van der Waals surface area contributed by atoms with E-state index in [2.05, 4.69) is 76.0 Å². The lowest BCUT2D eigenvalue weighted by Crippen LogP contribution is -2.33. The first-order chi connectivity index (χ1) is 16.8. The molecule has 0 saturated carbocycles. The second kappa shape index (κ2) is 9.03. The lowest BCUT2D eigenvalue weighted by molar-refractivity contribution is 0.183. The molecule has 4 heterocycles. The van der Waals surface area contributed by atoms with Crippen molar-refractivity contribution in [2.24, 2.45) is 0 Å². The summed E-state index contributed by atoms with van der Waals surface area (Å²) in [6.07, 6.45) is 4.00. The molecular weight excluding hydrogens is 420 g/mol. The van der Waals surface area contributed by atoms with E-state index in [1.54, 1.807) is 7.11 Å². The van der Waals surface area contributed by atoms with E-state index in [9.17, 15) is 0 Å². The molecule has 4 nitrogen and oxygen atoms in total. The van der Waals surface area contributed by atoms with Crippen LogP contribution in [-0.2, 0) is 0 Å². The Bertz CT molecular complexity index is 1380. The summed E-state index contributed by atoms with van der Waals surface area (Å²) in [5.41, 5.74) is 8.54. The van der Waals surface area contributed by atoms with Crippen molar-refractivity contribution in [3.8, 4) is 33.8 Å². The summed E-state index contributed by atoms with van der Waals surface area (Å²) in [5, 5.41) is 0. The second-order valence-electron chi connectivity index (χ2n) is 9.18. The van der Waals surface area contributed by atoms with Gasteiger partial charge in [-0.1, -0.05) is 36.8 Å². The minimum atomic E-state index is 0.744. The number of hydrogen-bond donors (Lipinski definition) is 0. The molecule has 1 aliphatic rings. The van der Waals surface area contributed by atoms with Crippen molar-refractivity contribution in [2.75, 3.05) is 33.4 Å². The van der Waals surface area contributed by atoms with Crippen LogP contribution in [0.2, 0.25) is 0 Å². The molecule has 4 heteroatoms. The first kappa shape index (κ1) is 21.1. The van der Waals surface area contributed by atoms with Crippen LogP contribution in [0.1, 0.15) is 19.3 Å². The zero-order chi connectivity index (χ0) is 22.9. The number of pyridine rings is 1. The molecule has 0 bridgehead atoms. The minimum absolute atomic E-state index is 0.744. The monoisotopic (exact) mass is 450 g/mol. The van der Waals surface area contributed by atoms with Crippen molar-refractivity contribution in [1.29, 1.82) is 0 Å². The number of likely N-dealkylation sites (tertiary alicyclic amines) is 1. The molecule has 3 aromatic heterocycles. The molecule has 0 unspecified atom stereocenters. The van der Waals surface area contributed by atoms with Crippen LogP contribution in [0.5, 0.6) is 11.5 Å². The summed E-state index contributed by atoms with van der Waals surface area (Å²) in [4.78, 5) is 2.51. The molecule has 1 fully saturated rings. The van der Waals surface area contributed by atoms with E-state index in [1.165, 1.54) is 71.2 Å². The van der Waals surface area contributed by atoms with Gasteiger partial charge in [0, 0.05) is 28.7 Å². The maximum absolute atomic E-state index is 6.07. The Morgan fingerprint density at radius 1 is 0.706 bits per heavy atom. The van der Waals surface area contributed by atoms with Crippen molar-refractivity contribution < 1.29 is 9.47 Å². The standard InChI is InChI=1S/C30H30N2O2/c1-33-26-12-8-22(9-13-26)28-20-24-6-5-7-25-21-29(30(28)32(24)25)23-10-14-27(15-11-23)34-19-18-31-16-3-2-4-17-31/h5-15,20-21H,2-4,16-19H2,1H3. The van der Waals surface area contributed by atoms with Crippen LogP contribution in [0.25, 0.3) is 38.8 Å². The van der Waals surface area contributed by atoms with Crippen molar-refractivity contribution in [3.63, 3.8) is 0 Å². The minimum Gasteiger partial charge on any atom is -0.497 e. The predicted molar refractivity (Wildman–Crippen MR) is 139 cm³/mol. The lowest BCUT2D eigenvalue weighted by Gasteiger charge is -2.26. The largest absolute Gasteiger partial charge is 0.497 e. The van der Waals surface area contributed by atoms with E-state index < -0.39 is 0 Å². The highest BCUT2D eigenvalue weighted by atomic mass is 16.5. The molecule has 6 rings (SSSR count). The quantitative estimate of drug-likeness (QED) is 0.275. The smallest absolute Gasteiger partial charge is 0.119 e. The molecule has 5 aromatic rings. The number of methoxy groups -OCH3 is 1. The molecule has 0 spiro atoms. The molecule has 0 aliphatic carbocycles. The zero-order valence-corrected chi connectivity index (χ0v) is 19.7. The van der Waals surface area contributed by atoms with Gasteiger partial charge in [0.2, 0.25) is 0 Å². The first-order valence-electron chi connectivity index (χ1n) is 12.3. The van der Waals surface area contributed by atoms with Crippen molar-refractivity contribution in [3.05, 3.63) is 78.9 Å². The SMILES string of the molecule is COc1ccc(-c2cc3cccc4cc(-c5ccc(OCCN6CCCCC6)cc5)c2n34)cc1. The Hall–Kier alpha value is -3.50. The summed E-state index contributed by atoms with van der Waals surface area (Å²) < 4.78 is 13.8.